The molecule has 1 heterocycles. The van der Waals surface area contributed by atoms with Crippen LogP contribution in [0.3, 0.4) is 0 Å². The molecule has 0 spiro atoms. The maximum atomic E-state index is 14.1. The molecule has 0 saturated carbocycles. The zero-order valence-electron chi connectivity index (χ0n) is 11.6. The van der Waals surface area contributed by atoms with Crippen LogP contribution in [0, 0.1) is 5.82 Å². The van der Waals surface area contributed by atoms with Crippen LogP contribution in [0.4, 0.5) is 4.39 Å². The standard InChI is InChI=1S/C14H18FN3OS/c1-3-5-11-14(20-18-17-11)10(16)8-9-6-4-7-12(19-2)13(9)15/h4,6-7,10H,3,5,8,16H2,1-2H3. The fraction of sp³-hybridized carbons (Fsp3) is 0.429. The molecule has 0 amide bonds. The second kappa shape index (κ2) is 6.76. The van der Waals surface area contributed by atoms with Gasteiger partial charge in [-0.15, -0.1) is 5.10 Å². The predicted octanol–water partition coefficient (Wildman–Crippen LogP) is 2.88. The summed E-state index contributed by atoms with van der Waals surface area (Å²) in [7, 11) is 1.45. The lowest BCUT2D eigenvalue weighted by atomic mass is 10.0. The molecule has 0 aliphatic heterocycles. The van der Waals surface area contributed by atoms with Crippen LogP contribution >= 0.6 is 11.5 Å². The summed E-state index contributed by atoms with van der Waals surface area (Å²) < 4.78 is 23.1. The lowest BCUT2D eigenvalue weighted by molar-refractivity contribution is 0.383. The van der Waals surface area contributed by atoms with Gasteiger partial charge in [0.1, 0.15) is 0 Å². The molecule has 0 aliphatic carbocycles. The first-order valence-corrected chi connectivity index (χ1v) is 7.32. The molecule has 1 aromatic heterocycles. The van der Waals surface area contributed by atoms with Crippen LogP contribution in [-0.2, 0) is 12.8 Å². The minimum atomic E-state index is -0.347. The van der Waals surface area contributed by atoms with Crippen molar-refractivity contribution in [3.8, 4) is 5.75 Å². The van der Waals surface area contributed by atoms with E-state index in [1.807, 2.05) is 0 Å². The largest absolute Gasteiger partial charge is 0.494 e. The van der Waals surface area contributed by atoms with Gasteiger partial charge in [0.2, 0.25) is 0 Å². The number of hydrogen-bond donors (Lipinski definition) is 1. The SMILES string of the molecule is CCCc1nnsc1C(N)Cc1cccc(OC)c1F. The van der Waals surface area contributed by atoms with Crippen molar-refractivity contribution in [2.75, 3.05) is 7.11 Å². The molecule has 20 heavy (non-hydrogen) atoms. The summed E-state index contributed by atoms with van der Waals surface area (Å²) in [5.74, 6) is -0.106. The van der Waals surface area contributed by atoms with Crippen LogP contribution in [0.15, 0.2) is 18.2 Å². The van der Waals surface area contributed by atoms with Crippen LogP contribution < -0.4 is 10.5 Å². The Morgan fingerprint density at radius 2 is 2.25 bits per heavy atom. The molecule has 2 N–H and O–H groups in total. The number of aromatic nitrogens is 2. The van der Waals surface area contributed by atoms with Gasteiger partial charge in [-0.25, -0.2) is 4.39 Å². The Morgan fingerprint density at radius 1 is 1.45 bits per heavy atom. The Hall–Kier alpha value is -1.53. The number of benzene rings is 1. The van der Waals surface area contributed by atoms with E-state index in [9.17, 15) is 4.39 Å². The topological polar surface area (TPSA) is 61.0 Å². The van der Waals surface area contributed by atoms with E-state index in [0.717, 1.165) is 23.4 Å². The molecular formula is C14H18FN3OS. The minimum absolute atomic E-state index is 0.242. The number of halogens is 1. The Labute approximate surface area is 121 Å². The summed E-state index contributed by atoms with van der Waals surface area (Å²) in [6.07, 6.45) is 2.24. The van der Waals surface area contributed by atoms with E-state index in [2.05, 4.69) is 16.5 Å². The van der Waals surface area contributed by atoms with Crippen molar-refractivity contribution in [3.63, 3.8) is 0 Å². The van der Waals surface area contributed by atoms with Crippen LogP contribution in [0.25, 0.3) is 0 Å². The second-order valence-corrected chi connectivity index (χ2v) is 5.36. The predicted molar refractivity (Wildman–Crippen MR) is 77.5 cm³/mol. The number of hydrogen-bond acceptors (Lipinski definition) is 5. The van der Waals surface area contributed by atoms with Crippen LogP contribution in [-0.4, -0.2) is 16.7 Å². The highest BCUT2D eigenvalue weighted by Gasteiger charge is 2.18. The third-order valence-electron chi connectivity index (χ3n) is 3.11. The number of rotatable bonds is 6. The second-order valence-electron chi connectivity index (χ2n) is 4.58. The van der Waals surface area contributed by atoms with Crippen LogP contribution in [0.5, 0.6) is 5.75 Å². The van der Waals surface area contributed by atoms with Gasteiger partial charge in [-0.3, -0.25) is 0 Å². The summed E-state index contributed by atoms with van der Waals surface area (Å²) in [5.41, 5.74) is 7.66. The maximum Gasteiger partial charge on any atom is 0.168 e. The van der Waals surface area contributed by atoms with Crippen molar-refractivity contribution in [2.24, 2.45) is 5.73 Å². The molecule has 108 valence electrons. The molecule has 0 radical (unpaired) electrons. The van der Waals surface area contributed by atoms with Gasteiger partial charge >= 0.3 is 0 Å². The van der Waals surface area contributed by atoms with E-state index in [0.29, 0.717) is 12.0 Å². The first kappa shape index (κ1) is 14.9. The molecular weight excluding hydrogens is 277 g/mol. The number of methoxy groups -OCH3 is 1. The minimum Gasteiger partial charge on any atom is -0.494 e. The fourth-order valence-corrected chi connectivity index (χ4v) is 2.80. The van der Waals surface area contributed by atoms with Crippen molar-refractivity contribution in [1.82, 2.24) is 9.59 Å². The van der Waals surface area contributed by atoms with Crippen LogP contribution in [0.2, 0.25) is 0 Å². The molecule has 0 bridgehead atoms. The van der Waals surface area contributed by atoms with Crippen molar-refractivity contribution < 1.29 is 9.13 Å². The number of nitrogens with two attached hydrogens (primary N) is 1. The molecule has 4 nitrogen and oxygen atoms in total. The van der Waals surface area contributed by atoms with E-state index >= 15 is 0 Å². The summed E-state index contributed by atoms with van der Waals surface area (Å²) in [4.78, 5) is 0.939. The molecule has 1 atom stereocenters. The van der Waals surface area contributed by atoms with E-state index in [-0.39, 0.29) is 17.6 Å². The number of ether oxygens (including phenoxy) is 1. The van der Waals surface area contributed by atoms with Crippen molar-refractivity contribution >= 4 is 11.5 Å². The molecule has 0 fully saturated rings. The van der Waals surface area contributed by atoms with Crippen molar-refractivity contribution in [3.05, 3.63) is 40.2 Å². The maximum absolute atomic E-state index is 14.1. The van der Waals surface area contributed by atoms with Gasteiger partial charge in [-0.2, -0.15) is 0 Å². The Morgan fingerprint density at radius 3 is 2.95 bits per heavy atom. The lowest BCUT2D eigenvalue weighted by Crippen LogP contribution is -2.15. The highest BCUT2D eigenvalue weighted by Crippen LogP contribution is 2.27. The van der Waals surface area contributed by atoms with Gasteiger partial charge in [0.15, 0.2) is 11.6 Å². The number of aryl methyl sites for hydroxylation is 1. The third kappa shape index (κ3) is 3.13. The first-order chi connectivity index (χ1) is 9.67. The zero-order valence-corrected chi connectivity index (χ0v) is 12.4. The lowest BCUT2D eigenvalue weighted by Gasteiger charge is -2.12. The molecule has 0 saturated heterocycles. The molecule has 2 rings (SSSR count). The fourth-order valence-electron chi connectivity index (χ4n) is 2.11. The average Bonchev–Trinajstić information content (AvgIpc) is 2.90. The number of nitrogens with zero attached hydrogens (tertiary/aromatic N) is 2. The van der Waals surface area contributed by atoms with E-state index in [1.54, 1.807) is 18.2 Å². The summed E-state index contributed by atoms with van der Waals surface area (Å²) in [6.45, 7) is 2.08. The van der Waals surface area contributed by atoms with Gasteiger partial charge in [0.05, 0.1) is 17.7 Å². The van der Waals surface area contributed by atoms with Gasteiger partial charge in [0, 0.05) is 6.04 Å². The van der Waals surface area contributed by atoms with Gasteiger partial charge in [-0.1, -0.05) is 30.0 Å². The quantitative estimate of drug-likeness (QED) is 0.890. The molecule has 0 aliphatic rings. The monoisotopic (exact) mass is 295 g/mol. The van der Waals surface area contributed by atoms with Crippen LogP contribution in [0.1, 0.15) is 35.5 Å². The first-order valence-electron chi connectivity index (χ1n) is 6.55. The Bertz CT molecular complexity index is 573. The summed E-state index contributed by atoms with van der Waals surface area (Å²) >= 11 is 1.29. The zero-order chi connectivity index (χ0) is 14.5. The van der Waals surface area contributed by atoms with Crippen molar-refractivity contribution in [2.45, 2.75) is 32.2 Å². The smallest absolute Gasteiger partial charge is 0.168 e. The average molecular weight is 295 g/mol. The molecule has 2 aromatic rings. The van der Waals surface area contributed by atoms with Gasteiger partial charge in [0.25, 0.3) is 0 Å². The summed E-state index contributed by atoms with van der Waals surface area (Å²) in [5, 5.41) is 4.09. The third-order valence-corrected chi connectivity index (χ3v) is 4.01. The van der Waals surface area contributed by atoms with E-state index in [4.69, 9.17) is 10.5 Å². The van der Waals surface area contributed by atoms with Crippen molar-refractivity contribution in [1.29, 1.82) is 0 Å². The van der Waals surface area contributed by atoms with E-state index in [1.165, 1.54) is 18.6 Å². The van der Waals surface area contributed by atoms with Gasteiger partial charge in [-0.05, 0) is 36.0 Å². The Kier molecular flexibility index (Phi) is 5.03. The highest BCUT2D eigenvalue weighted by molar-refractivity contribution is 7.05. The highest BCUT2D eigenvalue weighted by atomic mass is 32.1. The van der Waals surface area contributed by atoms with Gasteiger partial charge < -0.3 is 10.5 Å². The summed E-state index contributed by atoms with van der Waals surface area (Å²) in [6, 6.07) is 4.80. The molecule has 1 aromatic carbocycles. The molecule has 6 heteroatoms. The molecule has 1 unspecified atom stereocenters. The van der Waals surface area contributed by atoms with E-state index < -0.39 is 0 Å². The Balaban J connectivity index is 2.19. The normalized spacial score (nSPS) is 12.4.